The maximum atomic E-state index is 12.7. The summed E-state index contributed by atoms with van der Waals surface area (Å²) in [5.41, 5.74) is 0.301. The molecule has 0 aliphatic heterocycles. The van der Waals surface area contributed by atoms with Crippen molar-refractivity contribution in [2.45, 2.75) is 6.54 Å². The second-order valence-corrected chi connectivity index (χ2v) is 2.77. The van der Waals surface area contributed by atoms with Crippen molar-refractivity contribution < 1.29 is 18.3 Å². The zero-order valence-electron chi connectivity index (χ0n) is 7.36. The maximum Gasteiger partial charge on any atom is 0.194 e. The quantitative estimate of drug-likeness (QED) is 0.571. The van der Waals surface area contributed by atoms with Crippen LogP contribution in [0.25, 0.3) is 0 Å². The molecular formula is C9H10F3NO. The Hall–Kier alpha value is -1.07. The zero-order chi connectivity index (χ0) is 10.6. The lowest BCUT2D eigenvalue weighted by Gasteiger charge is -2.04. The van der Waals surface area contributed by atoms with Crippen LogP contribution < -0.4 is 5.32 Å². The van der Waals surface area contributed by atoms with E-state index in [9.17, 15) is 13.2 Å². The molecule has 2 N–H and O–H groups in total. The minimum atomic E-state index is -1.46. The highest BCUT2D eigenvalue weighted by atomic mass is 19.2. The molecule has 0 atom stereocenters. The summed E-state index contributed by atoms with van der Waals surface area (Å²) in [7, 11) is 0. The van der Waals surface area contributed by atoms with Gasteiger partial charge in [0.25, 0.3) is 0 Å². The van der Waals surface area contributed by atoms with E-state index in [0.717, 1.165) is 12.1 Å². The van der Waals surface area contributed by atoms with Crippen LogP contribution in [0.1, 0.15) is 5.56 Å². The van der Waals surface area contributed by atoms with Crippen molar-refractivity contribution >= 4 is 0 Å². The van der Waals surface area contributed by atoms with E-state index in [1.165, 1.54) is 0 Å². The first-order chi connectivity index (χ1) is 6.65. The van der Waals surface area contributed by atoms with Gasteiger partial charge in [-0.15, -0.1) is 0 Å². The second-order valence-electron chi connectivity index (χ2n) is 2.77. The number of benzene rings is 1. The van der Waals surface area contributed by atoms with E-state index < -0.39 is 17.5 Å². The van der Waals surface area contributed by atoms with E-state index >= 15 is 0 Å². The number of nitrogens with one attached hydrogen (secondary N) is 1. The first-order valence-corrected chi connectivity index (χ1v) is 4.10. The molecule has 14 heavy (non-hydrogen) atoms. The van der Waals surface area contributed by atoms with Gasteiger partial charge < -0.3 is 10.4 Å². The van der Waals surface area contributed by atoms with E-state index in [4.69, 9.17) is 5.11 Å². The number of aliphatic hydroxyl groups excluding tert-OH is 1. The topological polar surface area (TPSA) is 32.3 Å². The molecule has 0 aliphatic carbocycles. The van der Waals surface area contributed by atoms with Crippen LogP contribution in [-0.2, 0) is 6.54 Å². The normalized spacial score (nSPS) is 10.6. The van der Waals surface area contributed by atoms with Gasteiger partial charge in [0.2, 0.25) is 0 Å². The van der Waals surface area contributed by atoms with Crippen molar-refractivity contribution in [2.75, 3.05) is 13.2 Å². The van der Waals surface area contributed by atoms with Crippen LogP contribution in [0.3, 0.4) is 0 Å². The minimum Gasteiger partial charge on any atom is -0.395 e. The Labute approximate surface area is 79.4 Å². The third kappa shape index (κ3) is 2.71. The molecule has 0 amide bonds. The van der Waals surface area contributed by atoms with E-state index in [-0.39, 0.29) is 13.2 Å². The fourth-order valence-corrected chi connectivity index (χ4v) is 1.02. The molecule has 0 bridgehead atoms. The summed E-state index contributed by atoms with van der Waals surface area (Å²) in [6.07, 6.45) is 0. The third-order valence-corrected chi connectivity index (χ3v) is 1.66. The smallest absolute Gasteiger partial charge is 0.194 e. The predicted molar refractivity (Wildman–Crippen MR) is 45.1 cm³/mol. The van der Waals surface area contributed by atoms with E-state index in [2.05, 4.69) is 5.32 Å². The summed E-state index contributed by atoms with van der Waals surface area (Å²) >= 11 is 0. The Bertz CT molecular complexity index is 294. The molecule has 0 aromatic heterocycles. The van der Waals surface area contributed by atoms with E-state index in [1.54, 1.807) is 0 Å². The highest BCUT2D eigenvalue weighted by Crippen LogP contribution is 2.13. The van der Waals surface area contributed by atoms with Gasteiger partial charge in [-0.1, -0.05) is 0 Å². The van der Waals surface area contributed by atoms with Crippen molar-refractivity contribution in [3.63, 3.8) is 0 Å². The minimum absolute atomic E-state index is 0.0633. The fraction of sp³-hybridized carbons (Fsp3) is 0.333. The molecule has 0 unspecified atom stereocenters. The Kier molecular flexibility index (Phi) is 3.91. The van der Waals surface area contributed by atoms with Gasteiger partial charge in [-0.3, -0.25) is 0 Å². The van der Waals surface area contributed by atoms with Crippen LogP contribution >= 0.6 is 0 Å². The molecule has 1 aromatic rings. The van der Waals surface area contributed by atoms with Gasteiger partial charge in [-0.05, 0) is 17.7 Å². The fourth-order valence-electron chi connectivity index (χ4n) is 1.02. The third-order valence-electron chi connectivity index (χ3n) is 1.66. The Morgan fingerprint density at radius 1 is 1.14 bits per heavy atom. The summed E-state index contributed by atoms with van der Waals surface area (Å²) in [5, 5.41) is 11.1. The summed E-state index contributed by atoms with van der Waals surface area (Å²) < 4.78 is 37.8. The summed E-state index contributed by atoms with van der Waals surface area (Å²) in [5.74, 6) is -3.87. The van der Waals surface area contributed by atoms with Crippen molar-refractivity contribution in [3.05, 3.63) is 35.1 Å². The van der Waals surface area contributed by atoms with Crippen LogP contribution in [0.2, 0.25) is 0 Å². The molecule has 1 aromatic carbocycles. The highest BCUT2D eigenvalue weighted by molar-refractivity contribution is 5.19. The van der Waals surface area contributed by atoms with Gasteiger partial charge in [-0.25, -0.2) is 13.2 Å². The number of halogens is 3. The zero-order valence-corrected chi connectivity index (χ0v) is 7.36. The Morgan fingerprint density at radius 3 is 2.21 bits per heavy atom. The molecule has 0 heterocycles. The number of rotatable bonds is 4. The lowest BCUT2D eigenvalue weighted by atomic mass is 10.2. The molecule has 2 nitrogen and oxygen atoms in total. The number of hydrogen-bond donors (Lipinski definition) is 2. The van der Waals surface area contributed by atoms with Crippen LogP contribution in [0.5, 0.6) is 0 Å². The lowest BCUT2D eigenvalue weighted by Crippen LogP contribution is -2.17. The summed E-state index contributed by atoms with van der Waals surface area (Å²) in [6.45, 7) is 0.446. The number of aliphatic hydroxyl groups is 1. The SMILES string of the molecule is OCCNCc1cc(F)c(F)c(F)c1. The molecule has 0 saturated heterocycles. The molecule has 0 fully saturated rings. The van der Waals surface area contributed by atoms with Crippen LogP contribution in [-0.4, -0.2) is 18.3 Å². The van der Waals surface area contributed by atoms with Crippen molar-refractivity contribution in [1.82, 2.24) is 5.32 Å². The van der Waals surface area contributed by atoms with E-state index in [1.807, 2.05) is 0 Å². The largest absolute Gasteiger partial charge is 0.395 e. The van der Waals surface area contributed by atoms with Crippen molar-refractivity contribution in [3.8, 4) is 0 Å². The van der Waals surface area contributed by atoms with Crippen LogP contribution in [0.15, 0.2) is 12.1 Å². The molecule has 0 saturated carbocycles. The Morgan fingerprint density at radius 2 is 1.71 bits per heavy atom. The molecule has 78 valence electrons. The molecule has 0 radical (unpaired) electrons. The van der Waals surface area contributed by atoms with Gasteiger partial charge in [0, 0.05) is 13.1 Å². The summed E-state index contributed by atoms with van der Waals surface area (Å²) in [6, 6.07) is 1.84. The first kappa shape index (κ1) is 11.0. The first-order valence-electron chi connectivity index (χ1n) is 4.10. The molecule has 5 heteroatoms. The molecule has 0 spiro atoms. The van der Waals surface area contributed by atoms with Gasteiger partial charge in [0.15, 0.2) is 17.5 Å². The monoisotopic (exact) mass is 205 g/mol. The standard InChI is InChI=1S/C9H10F3NO/c10-7-3-6(5-13-1-2-14)4-8(11)9(7)12/h3-4,13-14H,1-2,5H2. The predicted octanol–water partition coefficient (Wildman–Crippen LogP) is 1.19. The molecular weight excluding hydrogens is 195 g/mol. The maximum absolute atomic E-state index is 12.7. The average molecular weight is 205 g/mol. The van der Waals surface area contributed by atoms with Crippen molar-refractivity contribution in [1.29, 1.82) is 0 Å². The average Bonchev–Trinajstić information content (AvgIpc) is 2.14. The molecule has 0 aliphatic rings. The van der Waals surface area contributed by atoms with Crippen LogP contribution in [0.4, 0.5) is 13.2 Å². The van der Waals surface area contributed by atoms with Gasteiger partial charge in [0.1, 0.15) is 0 Å². The van der Waals surface area contributed by atoms with Crippen LogP contribution in [0, 0.1) is 17.5 Å². The number of hydrogen-bond acceptors (Lipinski definition) is 2. The van der Waals surface area contributed by atoms with E-state index in [0.29, 0.717) is 12.1 Å². The summed E-state index contributed by atoms with van der Waals surface area (Å²) in [4.78, 5) is 0. The van der Waals surface area contributed by atoms with Gasteiger partial charge in [0.05, 0.1) is 6.61 Å². The van der Waals surface area contributed by atoms with Crippen molar-refractivity contribution in [2.24, 2.45) is 0 Å². The lowest BCUT2D eigenvalue weighted by molar-refractivity contribution is 0.292. The van der Waals surface area contributed by atoms with Gasteiger partial charge >= 0.3 is 0 Å². The molecule has 1 rings (SSSR count). The van der Waals surface area contributed by atoms with Gasteiger partial charge in [-0.2, -0.15) is 0 Å². The highest BCUT2D eigenvalue weighted by Gasteiger charge is 2.09. The second kappa shape index (κ2) is 4.97. The Balaban J connectivity index is 2.69.